The molecule has 108 valence electrons. The van der Waals surface area contributed by atoms with Gasteiger partial charge in [0.1, 0.15) is 5.75 Å². The predicted octanol–water partition coefficient (Wildman–Crippen LogP) is 5.32. The molecule has 3 rings (SSSR count). The Morgan fingerprint density at radius 3 is 3.05 bits per heavy atom. The molecule has 1 aromatic heterocycles. The number of thioether (sulfide) groups is 1. The van der Waals surface area contributed by atoms with Crippen molar-refractivity contribution in [1.29, 1.82) is 0 Å². The Hall–Kier alpha value is -1.26. The lowest BCUT2D eigenvalue weighted by Crippen LogP contribution is -1.92. The van der Waals surface area contributed by atoms with Crippen LogP contribution in [-0.2, 0) is 6.42 Å². The van der Waals surface area contributed by atoms with E-state index in [1.807, 2.05) is 18.2 Å². The summed E-state index contributed by atoms with van der Waals surface area (Å²) < 4.78 is 6.08. The molecule has 2 nitrogen and oxygen atoms in total. The van der Waals surface area contributed by atoms with Crippen LogP contribution in [0, 0.1) is 0 Å². The van der Waals surface area contributed by atoms with Crippen LogP contribution in [0.25, 0.3) is 5.57 Å². The first-order valence-electron chi connectivity index (χ1n) is 6.87. The molecule has 1 aromatic carbocycles. The van der Waals surface area contributed by atoms with Crippen LogP contribution in [0.2, 0.25) is 0 Å². The third-order valence-electron chi connectivity index (χ3n) is 3.50. The van der Waals surface area contributed by atoms with Crippen molar-refractivity contribution >= 4 is 33.3 Å². The molecule has 1 aliphatic rings. The Balaban J connectivity index is 2.14. The summed E-state index contributed by atoms with van der Waals surface area (Å²) in [5.41, 5.74) is 3.64. The van der Waals surface area contributed by atoms with Crippen molar-refractivity contribution in [1.82, 2.24) is 4.98 Å². The lowest BCUT2D eigenvalue weighted by atomic mass is 9.98. The second-order valence-corrected chi connectivity index (χ2v) is 6.42. The van der Waals surface area contributed by atoms with Crippen LogP contribution >= 0.6 is 27.7 Å². The predicted molar refractivity (Wildman–Crippen MR) is 92.6 cm³/mol. The fraction of sp³-hybridized carbons (Fsp3) is 0.235. The summed E-state index contributed by atoms with van der Waals surface area (Å²) in [5, 5.41) is 0.962. The minimum Gasteiger partial charge on any atom is -0.438 e. The third kappa shape index (κ3) is 3.01. The highest BCUT2D eigenvalue weighted by Gasteiger charge is 2.21. The molecule has 2 aromatic rings. The van der Waals surface area contributed by atoms with Gasteiger partial charge >= 0.3 is 0 Å². The van der Waals surface area contributed by atoms with E-state index in [1.54, 1.807) is 18.0 Å². The molecule has 0 aliphatic carbocycles. The maximum Gasteiger partial charge on any atom is 0.226 e. The Bertz CT molecular complexity index is 684. The second-order valence-electron chi connectivity index (χ2n) is 4.78. The van der Waals surface area contributed by atoms with Crippen LogP contribution in [0.5, 0.6) is 11.6 Å². The van der Waals surface area contributed by atoms with Crippen molar-refractivity contribution in [3.8, 4) is 11.6 Å². The van der Waals surface area contributed by atoms with E-state index in [2.05, 4.69) is 45.4 Å². The van der Waals surface area contributed by atoms with Gasteiger partial charge in [-0.3, -0.25) is 0 Å². The number of rotatable bonds is 3. The van der Waals surface area contributed by atoms with Crippen molar-refractivity contribution in [3.63, 3.8) is 0 Å². The Morgan fingerprint density at radius 1 is 1.33 bits per heavy atom. The van der Waals surface area contributed by atoms with E-state index in [-0.39, 0.29) is 0 Å². The van der Waals surface area contributed by atoms with Crippen LogP contribution < -0.4 is 4.74 Å². The number of allylic oxidation sites excluding steroid dienone is 2. The molecule has 0 saturated heterocycles. The molecule has 21 heavy (non-hydrogen) atoms. The van der Waals surface area contributed by atoms with Gasteiger partial charge < -0.3 is 4.74 Å². The zero-order valence-corrected chi connectivity index (χ0v) is 14.2. The van der Waals surface area contributed by atoms with Gasteiger partial charge in [-0.25, -0.2) is 4.98 Å². The fourth-order valence-corrected chi connectivity index (χ4v) is 3.39. The van der Waals surface area contributed by atoms with Gasteiger partial charge in [0.2, 0.25) is 5.88 Å². The SMILES string of the molecule is CSc1cccc2c1CC(=CCCBr)c1cccnc1O2. The van der Waals surface area contributed by atoms with Crippen molar-refractivity contribution in [3.05, 3.63) is 53.7 Å². The Morgan fingerprint density at radius 2 is 2.24 bits per heavy atom. The first-order valence-corrected chi connectivity index (χ1v) is 9.22. The lowest BCUT2D eigenvalue weighted by molar-refractivity contribution is 0.459. The van der Waals surface area contributed by atoms with E-state index in [1.165, 1.54) is 16.0 Å². The summed E-state index contributed by atoms with van der Waals surface area (Å²) in [4.78, 5) is 5.68. The maximum atomic E-state index is 6.08. The molecule has 0 spiro atoms. The molecule has 0 saturated carbocycles. The highest BCUT2D eigenvalue weighted by atomic mass is 79.9. The largest absolute Gasteiger partial charge is 0.438 e. The minimum absolute atomic E-state index is 0.704. The second kappa shape index (κ2) is 6.67. The number of alkyl halides is 1. The van der Waals surface area contributed by atoms with Gasteiger partial charge in [0.25, 0.3) is 0 Å². The van der Waals surface area contributed by atoms with Crippen molar-refractivity contribution in [2.24, 2.45) is 0 Å². The number of fused-ring (bicyclic) bond motifs is 2. The van der Waals surface area contributed by atoms with Gasteiger partial charge in [-0.05, 0) is 42.5 Å². The van der Waals surface area contributed by atoms with Gasteiger partial charge in [0, 0.05) is 34.0 Å². The van der Waals surface area contributed by atoms with Gasteiger partial charge in [-0.1, -0.05) is 28.1 Å². The molecular formula is C17H16BrNOS. The lowest BCUT2D eigenvalue weighted by Gasteiger charge is -2.10. The van der Waals surface area contributed by atoms with E-state index in [4.69, 9.17) is 4.74 Å². The van der Waals surface area contributed by atoms with Crippen LogP contribution in [-0.4, -0.2) is 16.6 Å². The average Bonchev–Trinajstić information content (AvgIpc) is 2.68. The van der Waals surface area contributed by atoms with Gasteiger partial charge in [-0.15, -0.1) is 11.8 Å². The number of ether oxygens (including phenoxy) is 1. The summed E-state index contributed by atoms with van der Waals surface area (Å²) in [6.07, 6.45) is 8.06. The molecule has 2 heterocycles. The average molecular weight is 362 g/mol. The Kier molecular flexibility index (Phi) is 4.66. The first-order chi connectivity index (χ1) is 10.3. The van der Waals surface area contributed by atoms with Gasteiger partial charge in [0.05, 0.1) is 0 Å². The van der Waals surface area contributed by atoms with E-state index < -0.39 is 0 Å². The molecular weight excluding hydrogens is 346 g/mol. The van der Waals surface area contributed by atoms with Crippen LogP contribution in [0.15, 0.2) is 47.5 Å². The summed E-state index contributed by atoms with van der Waals surface area (Å²) in [6.45, 7) is 0. The Labute approximate surface area is 137 Å². The van der Waals surface area contributed by atoms with Crippen molar-refractivity contribution < 1.29 is 4.74 Å². The molecule has 0 fully saturated rings. The van der Waals surface area contributed by atoms with Crippen LogP contribution in [0.1, 0.15) is 17.5 Å². The number of pyridine rings is 1. The number of hydrogen-bond donors (Lipinski definition) is 0. The molecule has 1 aliphatic heterocycles. The third-order valence-corrected chi connectivity index (χ3v) is 4.78. The van der Waals surface area contributed by atoms with Crippen LogP contribution in [0.3, 0.4) is 0 Å². The molecule has 0 bridgehead atoms. The number of halogens is 1. The van der Waals surface area contributed by atoms with E-state index in [0.717, 1.165) is 29.5 Å². The number of benzene rings is 1. The number of nitrogens with zero attached hydrogens (tertiary/aromatic N) is 1. The van der Waals surface area contributed by atoms with E-state index >= 15 is 0 Å². The highest BCUT2D eigenvalue weighted by Crippen LogP contribution is 2.41. The molecule has 0 amide bonds. The zero-order valence-electron chi connectivity index (χ0n) is 11.8. The maximum absolute atomic E-state index is 6.08. The van der Waals surface area contributed by atoms with E-state index in [0.29, 0.717) is 5.88 Å². The molecule has 0 N–H and O–H groups in total. The number of aromatic nitrogens is 1. The quantitative estimate of drug-likeness (QED) is 0.545. The monoisotopic (exact) mass is 361 g/mol. The fourth-order valence-electron chi connectivity index (χ4n) is 2.52. The molecule has 0 atom stereocenters. The van der Waals surface area contributed by atoms with E-state index in [9.17, 15) is 0 Å². The minimum atomic E-state index is 0.704. The molecule has 0 radical (unpaired) electrons. The van der Waals surface area contributed by atoms with Crippen LogP contribution in [0.4, 0.5) is 0 Å². The highest BCUT2D eigenvalue weighted by molar-refractivity contribution is 9.09. The van der Waals surface area contributed by atoms with Gasteiger partial charge in [-0.2, -0.15) is 0 Å². The van der Waals surface area contributed by atoms with Crippen molar-refractivity contribution in [2.75, 3.05) is 11.6 Å². The van der Waals surface area contributed by atoms with Crippen molar-refractivity contribution in [2.45, 2.75) is 17.7 Å². The summed E-state index contributed by atoms with van der Waals surface area (Å²) in [7, 11) is 0. The summed E-state index contributed by atoms with van der Waals surface area (Å²) in [6, 6.07) is 10.3. The molecule has 0 unspecified atom stereocenters. The number of hydrogen-bond acceptors (Lipinski definition) is 3. The first kappa shape index (κ1) is 14.7. The smallest absolute Gasteiger partial charge is 0.226 e. The topological polar surface area (TPSA) is 22.1 Å². The molecule has 4 heteroatoms. The normalized spacial score (nSPS) is 15.0. The zero-order chi connectivity index (χ0) is 14.7. The summed E-state index contributed by atoms with van der Waals surface area (Å²) in [5.74, 6) is 1.62. The standard InChI is InChI=1S/C17H16BrNOS/c1-21-16-8-2-7-15-14(16)11-12(5-3-9-18)13-6-4-10-19-17(13)20-15/h2,4-8,10H,3,9,11H2,1H3. The van der Waals surface area contributed by atoms with Gasteiger partial charge in [0.15, 0.2) is 0 Å². The summed E-state index contributed by atoms with van der Waals surface area (Å²) >= 11 is 5.26.